The van der Waals surface area contributed by atoms with E-state index in [1.165, 1.54) is 22.2 Å². The van der Waals surface area contributed by atoms with Crippen molar-refractivity contribution in [3.8, 4) is 0 Å². The number of carbonyl (C=O) groups excluding carboxylic acids is 1. The monoisotopic (exact) mass is 372 g/mol. The molecule has 1 aliphatic rings. The Balaban J connectivity index is 2.09. The van der Waals surface area contributed by atoms with Gasteiger partial charge in [0, 0.05) is 29.7 Å². The van der Waals surface area contributed by atoms with Crippen LogP contribution in [0.4, 0.5) is 0 Å². The zero-order chi connectivity index (χ0) is 19.6. The summed E-state index contributed by atoms with van der Waals surface area (Å²) in [6.45, 7) is 8.33. The molecule has 2 aromatic rings. The predicted octanol–water partition coefficient (Wildman–Crippen LogP) is 3.42. The molecule has 1 atom stereocenters. The van der Waals surface area contributed by atoms with Crippen molar-refractivity contribution in [3.63, 3.8) is 0 Å². The van der Waals surface area contributed by atoms with Crippen LogP contribution in [-0.4, -0.2) is 46.3 Å². The molecule has 5 nitrogen and oxygen atoms in total. The Hall–Kier alpha value is -1.85. The molecule has 27 heavy (non-hydrogen) atoms. The maximum atomic E-state index is 12.6. The fourth-order valence-corrected chi connectivity index (χ4v) is 4.11. The predicted molar refractivity (Wildman–Crippen MR) is 108 cm³/mol. The maximum absolute atomic E-state index is 12.6. The quantitative estimate of drug-likeness (QED) is 0.757. The topological polar surface area (TPSA) is 54.7 Å². The number of rotatable bonds is 7. The van der Waals surface area contributed by atoms with Gasteiger partial charge in [-0.25, -0.2) is 4.79 Å². The minimum absolute atomic E-state index is 0.245. The summed E-state index contributed by atoms with van der Waals surface area (Å²) in [5.74, 6) is -0.509. The number of fused-ring (bicyclic) bond motifs is 3. The molecule has 0 amide bonds. The van der Waals surface area contributed by atoms with E-state index in [0.717, 1.165) is 37.9 Å². The Morgan fingerprint density at radius 1 is 1.33 bits per heavy atom. The van der Waals surface area contributed by atoms with E-state index in [4.69, 9.17) is 4.74 Å². The normalized spacial score (nSPS) is 16.9. The first kappa shape index (κ1) is 19.9. The van der Waals surface area contributed by atoms with Gasteiger partial charge in [0.2, 0.25) is 0 Å². The Labute approximate surface area is 161 Å². The largest absolute Gasteiger partial charge is 0.464 e. The maximum Gasteiger partial charge on any atom is 0.340 e. The van der Waals surface area contributed by atoms with Crippen LogP contribution >= 0.6 is 0 Å². The molecule has 1 aromatic carbocycles. The van der Waals surface area contributed by atoms with Gasteiger partial charge < -0.3 is 19.3 Å². The summed E-state index contributed by atoms with van der Waals surface area (Å²) < 4.78 is 7.40. The number of hydrogen-bond donors (Lipinski definition) is 1. The second-order valence-electron chi connectivity index (χ2n) is 7.88. The molecule has 1 N–H and O–H groups in total. The summed E-state index contributed by atoms with van der Waals surface area (Å²) in [6.07, 6.45) is 3.12. The molecule has 1 aliphatic heterocycles. The molecule has 0 aliphatic carbocycles. The zero-order valence-corrected chi connectivity index (χ0v) is 17.0. The fourth-order valence-electron chi connectivity index (χ4n) is 4.11. The van der Waals surface area contributed by atoms with Crippen LogP contribution in [0.25, 0.3) is 10.9 Å². The Bertz CT molecular complexity index is 827. The molecular formula is C22H32N2O3. The number of aryl methyl sites for hydroxylation is 1. The first-order chi connectivity index (χ1) is 12.9. The minimum atomic E-state index is -1.49. The van der Waals surface area contributed by atoms with Gasteiger partial charge in [-0.2, -0.15) is 0 Å². The smallest absolute Gasteiger partial charge is 0.340 e. The standard InChI is InChI=1S/C22H32N2O3/c1-5-7-11-22(26,21(25)27-6-2)15-24-19-9-8-16(3)13-18(19)17-10-12-23(4)14-20(17)24/h8-9,13,26H,5-7,10-12,14-15H2,1-4H3. The summed E-state index contributed by atoms with van der Waals surface area (Å²) in [5, 5.41) is 12.5. The average Bonchev–Trinajstić information content (AvgIpc) is 2.92. The second kappa shape index (κ2) is 8.03. The number of benzene rings is 1. The molecule has 0 bridgehead atoms. The van der Waals surface area contributed by atoms with Crippen molar-refractivity contribution in [3.05, 3.63) is 35.0 Å². The van der Waals surface area contributed by atoms with E-state index in [1.807, 2.05) is 0 Å². The first-order valence-corrected chi connectivity index (χ1v) is 10.1. The molecule has 1 unspecified atom stereocenters. The lowest BCUT2D eigenvalue weighted by atomic mass is 9.96. The van der Waals surface area contributed by atoms with Crippen LogP contribution in [0.2, 0.25) is 0 Å². The van der Waals surface area contributed by atoms with Gasteiger partial charge in [0.05, 0.1) is 13.2 Å². The van der Waals surface area contributed by atoms with Gasteiger partial charge >= 0.3 is 5.97 Å². The molecule has 148 valence electrons. The zero-order valence-electron chi connectivity index (χ0n) is 17.0. The lowest BCUT2D eigenvalue weighted by Crippen LogP contribution is -2.45. The van der Waals surface area contributed by atoms with E-state index in [1.54, 1.807) is 6.92 Å². The molecule has 5 heteroatoms. The number of carbonyl (C=O) groups is 1. The third kappa shape index (κ3) is 3.90. The van der Waals surface area contributed by atoms with Crippen LogP contribution < -0.4 is 0 Å². The van der Waals surface area contributed by atoms with Crippen LogP contribution in [0.15, 0.2) is 18.2 Å². The average molecular weight is 373 g/mol. The second-order valence-corrected chi connectivity index (χ2v) is 7.88. The number of likely N-dealkylation sites (N-methyl/N-ethyl adjacent to an activating group) is 1. The van der Waals surface area contributed by atoms with Crippen molar-refractivity contribution in [2.24, 2.45) is 0 Å². The highest BCUT2D eigenvalue weighted by Gasteiger charge is 2.39. The third-order valence-electron chi connectivity index (χ3n) is 5.62. The summed E-state index contributed by atoms with van der Waals surface area (Å²) in [7, 11) is 2.12. The number of unbranched alkanes of at least 4 members (excludes halogenated alkanes) is 1. The fraction of sp³-hybridized carbons (Fsp3) is 0.591. The van der Waals surface area contributed by atoms with Crippen LogP contribution in [-0.2, 0) is 29.0 Å². The van der Waals surface area contributed by atoms with Gasteiger partial charge in [-0.1, -0.05) is 31.4 Å². The van der Waals surface area contributed by atoms with Crippen molar-refractivity contribution in [1.82, 2.24) is 9.47 Å². The van der Waals surface area contributed by atoms with Gasteiger partial charge in [0.15, 0.2) is 5.60 Å². The van der Waals surface area contributed by atoms with Gasteiger partial charge in [-0.05, 0) is 51.4 Å². The van der Waals surface area contributed by atoms with Crippen LogP contribution in [0, 0.1) is 6.92 Å². The third-order valence-corrected chi connectivity index (χ3v) is 5.62. The number of aromatic nitrogens is 1. The molecule has 0 saturated carbocycles. The molecule has 0 saturated heterocycles. The molecular weight excluding hydrogens is 340 g/mol. The SMILES string of the molecule is CCCCC(O)(Cn1c2c(c3cc(C)ccc31)CCN(C)C2)C(=O)OCC. The van der Waals surface area contributed by atoms with E-state index >= 15 is 0 Å². The van der Waals surface area contributed by atoms with Gasteiger partial charge in [-0.3, -0.25) is 0 Å². The highest BCUT2D eigenvalue weighted by atomic mass is 16.5. The minimum Gasteiger partial charge on any atom is -0.464 e. The molecule has 3 rings (SSSR count). The number of aliphatic hydroxyl groups is 1. The van der Waals surface area contributed by atoms with Gasteiger partial charge in [0.1, 0.15) is 0 Å². The molecule has 0 spiro atoms. The van der Waals surface area contributed by atoms with Gasteiger partial charge in [0.25, 0.3) is 0 Å². The van der Waals surface area contributed by atoms with Crippen molar-refractivity contribution in [2.45, 2.75) is 65.1 Å². The van der Waals surface area contributed by atoms with E-state index < -0.39 is 11.6 Å². The molecule has 0 fully saturated rings. The molecule has 1 aromatic heterocycles. The first-order valence-electron chi connectivity index (χ1n) is 10.1. The van der Waals surface area contributed by atoms with Crippen molar-refractivity contribution >= 4 is 16.9 Å². The van der Waals surface area contributed by atoms with Crippen LogP contribution in [0.3, 0.4) is 0 Å². The number of nitrogens with zero attached hydrogens (tertiary/aromatic N) is 2. The van der Waals surface area contributed by atoms with Crippen LogP contribution in [0.1, 0.15) is 49.9 Å². The summed E-state index contributed by atoms with van der Waals surface area (Å²) in [6, 6.07) is 6.45. The Morgan fingerprint density at radius 3 is 2.81 bits per heavy atom. The number of esters is 1. The van der Waals surface area contributed by atoms with Crippen molar-refractivity contribution in [1.29, 1.82) is 0 Å². The molecule has 0 radical (unpaired) electrons. The lowest BCUT2D eigenvalue weighted by Gasteiger charge is -2.30. The highest BCUT2D eigenvalue weighted by Crippen LogP contribution is 2.33. The number of hydrogen-bond acceptors (Lipinski definition) is 4. The van der Waals surface area contributed by atoms with E-state index in [9.17, 15) is 9.90 Å². The Kier molecular flexibility index (Phi) is 5.92. The summed E-state index contributed by atoms with van der Waals surface area (Å²) in [4.78, 5) is 14.9. The number of ether oxygens (including phenoxy) is 1. The summed E-state index contributed by atoms with van der Waals surface area (Å²) >= 11 is 0. The van der Waals surface area contributed by atoms with Crippen molar-refractivity contribution in [2.75, 3.05) is 20.2 Å². The molecule has 2 heterocycles. The Morgan fingerprint density at radius 2 is 2.11 bits per heavy atom. The van der Waals surface area contributed by atoms with E-state index in [-0.39, 0.29) is 13.2 Å². The highest BCUT2D eigenvalue weighted by molar-refractivity contribution is 5.87. The van der Waals surface area contributed by atoms with E-state index in [2.05, 4.69) is 48.6 Å². The van der Waals surface area contributed by atoms with Crippen molar-refractivity contribution < 1.29 is 14.6 Å². The lowest BCUT2D eigenvalue weighted by molar-refractivity contribution is -0.167. The van der Waals surface area contributed by atoms with E-state index in [0.29, 0.717) is 6.42 Å². The van der Waals surface area contributed by atoms with Gasteiger partial charge in [-0.15, -0.1) is 0 Å². The summed E-state index contributed by atoms with van der Waals surface area (Å²) in [5.41, 5.74) is 3.40. The van der Waals surface area contributed by atoms with Crippen LogP contribution in [0.5, 0.6) is 0 Å².